The topological polar surface area (TPSA) is 84.2 Å². The highest BCUT2D eigenvalue weighted by atomic mass is 79.9. The van der Waals surface area contributed by atoms with E-state index in [1.165, 1.54) is 11.3 Å². The van der Waals surface area contributed by atoms with Crippen LogP contribution in [0.3, 0.4) is 0 Å². The molecule has 1 aromatic heterocycles. The Bertz CT molecular complexity index is 352. The maximum Gasteiger partial charge on any atom is 0.323 e. The van der Waals surface area contributed by atoms with Gasteiger partial charge in [0.1, 0.15) is 0 Å². The van der Waals surface area contributed by atoms with Crippen molar-refractivity contribution < 1.29 is 9.59 Å². The minimum Gasteiger partial charge on any atom is -0.344 e. The van der Waals surface area contributed by atoms with Gasteiger partial charge in [0, 0.05) is 6.54 Å². The van der Waals surface area contributed by atoms with Crippen LogP contribution in [0.4, 0.5) is 0 Å². The van der Waals surface area contributed by atoms with Crippen molar-refractivity contribution in [2.75, 3.05) is 0 Å². The van der Waals surface area contributed by atoms with Crippen LogP contribution < -0.4 is 16.6 Å². The smallest absolute Gasteiger partial charge is 0.323 e. The Morgan fingerprint density at radius 2 is 2.21 bits per heavy atom. The lowest BCUT2D eigenvalue weighted by Crippen LogP contribution is -2.42. The van der Waals surface area contributed by atoms with Crippen molar-refractivity contribution >= 4 is 39.1 Å². The molecule has 4 N–H and O–H groups in total. The molecule has 0 bridgehead atoms. The van der Waals surface area contributed by atoms with Gasteiger partial charge in [-0.25, -0.2) is 5.84 Å². The summed E-state index contributed by atoms with van der Waals surface area (Å²) in [7, 11) is 0. The van der Waals surface area contributed by atoms with Crippen molar-refractivity contribution in [2.45, 2.75) is 6.54 Å². The third kappa shape index (κ3) is 2.79. The van der Waals surface area contributed by atoms with Crippen LogP contribution >= 0.6 is 27.3 Å². The minimum absolute atomic E-state index is 0.302. The van der Waals surface area contributed by atoms with Gasteiger partial charge in [-0.2, -0.15) is 0 Å². The van der Waals surface area contributed by atoms with Crippen molar-refractivity contribution in [3.63, 3.8) is 0 Å². The summed E-state index contributed by atoms with van der Waals surface area (Å²) in [5, 5.41) is 4.31. The maximum atomic E-state index is 11.0. The second kappa shape index (κ2) is 5.08. The molecule has 14 heavy (non-hydrogen) atoms. The van der Waals surface area contributed by atoms with E-state index in [4.69, 9.17) is 5.84 Å². The summed E-state index contributed by atoms with van der Waals surface area (Å²) in [5.74, 6) is 3.19. The SMILES string of the molecule is NNC(=O)C(=O)NCc1ccsc1Br. The van der Waals surface area contributed by atoms with Crippen LogP contribution in [-0.4, -0.2) is 11.8 Å². The molecule has 1 aromatic rings. The van der Waals surface area contributed by atoms with Gasteiger partial charge in [-0.1, -0.05) is 0 Å². The second-order valence-corrected chi connectivity index (χ2v) is 4.61. The van der Waals surface area contributed by atoms with Gasteiger partial charge in [-0.05, 0) is 32.9 Å². The van der Waals surface area contributed by atoms with Crippen LogP contribution in [0.25, 0.3) is 0 Å². The molecule has 0 spiro atoms. The quantitative estimate of drug-likeness (QED) is 0.311. The van der Waals surface area contributed by atoms with Gasteiger partial charge in [0.15, 0.2) is 0 Å². The predicted molar refractivity (Wildman–Crippen MR) is 56.2 cm³/mol. The van der Waals surface area contributed by atoms with Gasteiger partial charge in [0.25, 0.3) is 0 Å². The van der Waals surface area contributed by atoms with Crippen molar-refractivity contribution in [3.05, 3.63) is 20.8 Å². The highest BCUT2D eigenvalue weighted by Gasteiger charge is 2.11. The number of hydrazine groups is 1. The second-order valence-electron chi connectivity index (χ2n) is 2.38. The van der Waals surface area contributed by atoms with E-state index >= 15 is 0 Å². The van der Waals surface area contributed by atoms with Crippen LogP contribution in [0.1, 0.15) is 5.56 Å². The highest BCUT2D eigenvalue weighted by Crippen LogP contribution is 2.22. The number of halogens is 1. The zero-order valence-corrected chi connectivity index (χ0v) is 9.44. The third-order valence-electron chi connectivity index (χ3n) is 1.47. The Kier molecular flexibility index (Phi) is 4.05. The number of carbonyl (C=O) groups excluding carboxylic acids is 2. The standard InChI is InChI=1S/C7H8BrN3O2S/c8-5-4(1-2-14-5)3-10-6(12)7(13)11-9/h1-2H,3,9H2,(H,10,12)(H,11,13). The normalized spacial score (nSPS) is 9.57. The van der Waals surface area contributed by atoms with Gasteiger partial charge < -0.3 is 5.32 Å². The molecule has 0 saturated carbocycles. The molecule has 1 heterocycles. The number of carbonyl (C=O) groups is 2. The fourth-order valence-corrected chi connectivity index (χ4v) is 2.01. The summed E-state index contributed by atoms with van der Waals surface area (Å²) >= 11 is 4.82. The number of nitrogens with two attached hydrogens (primary N) is 1. The summed E-state index contributed by atoms with van der Waals surface area (Å²) in [6, 6.07) is 1.86. The lowest BCUT2D eigenvalue weighted by Gasteiger charge is -2.02. The van der Waals surface area contributed by atoms with Crippen LogP contribution in [-0.2, 0) is 16.1 Å². The zero-order chi connectivity index (χ0) is 10.6. The van der Waals surface area contributed by atoms with Gasteiger partial charge in [-0.3, -0.25) is 15.0 Å². The fraction of sp³-hybridized carbons (Fsp3) is 0.143. The number of amides is 2. The molecule has 1 rings (SSSR count). The first-order chi connectivity index (χ1) is 6.65. The molecule has 0 aliphatic carbocycles. The van der Waals surface area contributed by atoms with E-state index in [0.717, 1.165) is 9.35 Å². The molecule has 5 nitrogen and oxygen atoms in total. The zero-order valence-electron chi connectivity index (χ0n) is 7.04. The summed E-state index contributed by atoms with van der Waals surface area (Å²) in [6.07, 6.45) is 0. The van der Waals surface area contributed by atoms with E-state index in [9.17, 15) is 9.59 Å². The maximum absolute atomic E-state index is 11.0. The van der Waals surface area contributed by atoms with E-state index in [0.29, 0.717) is 6.54 Å². The van der Waals surface area contributed by atoms with Gasteiger partial charge in [0.2, 0.25) is 0 Å². The minimum atomic E-state index is -0.851. The lowest BCUT2D eigenvalue weighted by molar-refractivity contribution is -0.139. The third-order valence-corrected chi connectivity index (χ3v) is 3.28. The van der Waals surface area contributed by atoms with E-state index in [2.05, 4.69) is 21.2 Å². The number of nitrogens with one attached hydrogen (secondary N) is 2. The van der Waals surface area contributed by atoms with Crippen molar-refractivity contribution in [1.82, 2.24) is 10.7 Å². The van der Waals surface area contributed by atoms with E-state index in [-0.39, 0.29) is 0 Å². The first-order valence-corrected chi connectivity index (χ1v) is 5.33. The molecular weight excluding hydrogens is 270 g/mol. The van der Waals surface area contributed by atoms with Crippen LogP contribution in [0.2, 0.25) is 0 Å². The summed E-state index contributed by atoms with van der Waals surface area (Å²) < 4.78 is 0.936. The monoisotopic (exact) mass is 277 g/mol. The van der Waals surface area contributed by atoms with Crippen molar-refractivity contribution in [2.24, 2.45) is 5.84 Å². The van der Waals surface area contributed by atoms with Crippen molar-refractivity contribution in [3.8, 4) is 0 Å². The molecule has 7 heteroatoms. The van der Waals surface area contributed by atoms with Gasteiger partial charge in [0.05, 0.1) is 3.79 Å². The molecule has 0 aromatic carbocycles. The molecule has 0 aliphatic rings. The van der Waals surface area contributed by atoms with Crippen LogP contribution in [0, 0.1) is 0 Å². The number of thiophene rings is 1. The molecule has 0 unspecified atom stereocenters. The average Bonchev–Trinajstić information content (AvgIpc) is 2.59. The predicted octanol–water partition coefficient (Wildman–Crippen LogP) is 0.117. The van der Waals surface area contributed by atoms with Gasteiger partial charge >= 0.3 is 11.8 Å². The Morgan fingerprint density at radius 1 is 1.50 bits per heavy atom. The molecule has 0 radical (unpaired) electrons. The molecule has 0 atom stereocenters. The number of hydrogen-bond donors (Lipinski definition) is 3. The molecule has 76 valence electrons. The summed E-state index contributed by atoms with van der Waals surface area (Å²) in [6.45, 7) is 0.302. The Morgan fingerprint density at radius 3 is 2.71 bits per heavy atom. The first-order valence-electron chi connectivity index (χ1n) is 3.65. The molecule has 2 amide bonds. The summed E-state index contributed by atoms with van der Waals surface area (Å²) in [4.78, 5) is 21.7. The molecule has 0 saturated heterocycles. The van der Waals surface area contributed by atoms with E-state index < -0.39 is 11.8 Å². The number of hydrogen-bond acceptors (Lipinski definition) is 4. The first kappa shape index (κ1) is 11.2. The Hall–Kier alpha value is -0.920. The lowest BCUT2D eigenvalue weighted by atomic mass is 10.3. The average molecular weight is 278 g/mol. The van der Waals surface area contributed by atoms with Crippen LogP contribution in [0.15, 0.2) is 15.2 Å². The molecular formula is C7H8BrN3O2S. The van der Waals surface area contributed by atoms with Crippen LogP contribution in [0.5, 0.6) is 0 Å². The Balaban J connectivity index is 2.45. The fourth-order valence-electron chi connectivity index (χ4n) is 0.767. The van der Waals surface area contributed by atoms with E-state index in [1.807, 2.05) is 11.4 Å². The molecule has 0 aliphatic heterocycles. The highest BCUT2D eigenvalue weighted by molar-refractivity contribution is 9.11. The largest absolute Gasteiger partial charge is 0.344 e. The summed E-state index contributed by atoms with van der Waals surface area (Å²) in [5.41, 5.74) is 2.67. The number of rotatable bonds is 2. The van der Waals surface area contributed by atoms with E-state index in [1.54, 1.807) is 5.43 Å². The Labute approximate surface area is 92.8 Å². The molecule has 0 fully saturated rings. The van der Waals surface area contributed by atoms with Gasteiger partial charge in [-0.15, -0.1) is 11.3 Å². The van der Waals surface area contributed by atoms with Crippen molar-refractivity contribution in [1.29, 1.82) is 0 Å².